The number of halogens is 1. The van der Waals surface area contributed by atoms with E-state index in [9.17, 15) is 13.2 Å². The van der Waals surface area contributed by atoms with Crippen LogP contribution in [-0.2, 0) is 16.6 Å². The van der Waals surface area contributed by atoms with Gasteiger partial charge in [0.15, 0.2) is 0 Å². The average molecular weight is 353 g/mol. The molecule has 0 bridgehead atoms. The summed E-state index contributed by atoms with van der Waals surface area (Å²) in [6, 6.07) is 0. The predicted molar refractivity (Wildman–Crippen MR) is 77.8 cm³/mol. The van der Waals surface area contributed by atoms with Gasteiger partial charge in [-0.25, -0.2) is 17.8 Å². The fourth-order valence-corrected chi connectivity index (χ4v) is 2.40. The fraction of sp³-hybridized carbons (Fsp3) is 0.600. The molecule has 0 fully saturated rings. The molecule has 7 nitrogen and oxygen atoms in total. The van der Waals surface area contributed by atoms with Gasteiger partial charge in [-0.3, -0.25) is 4.79 Å². The minimum Gasteiger partial charge on any atom is -0.382 e. The number of nitrogens with one attached hydrogen (secondary N) is 2. The summed E-state index contributed by atoms with van der Waals surface area (Å²) in [6.07, 6.45) is 2.32. The van der Waals surface area contributed by atoms with Crippen molar-refractivity contribution < 1.29 is 8.42 Å². The van der Waals surface area contributed by atoms with Gasteiger partial charge < -0.3 is 5.32 Å². The van der Waals surface area contributed by atoms with E-state index in [4.69, 9.17) is 0 Å². The molecule has 1 aromatic rings. The lowest BCUT2D eigenvalue weighted by molar-refractivity contribution is 0.566. The molecule has 0 saturated carbocycles. The summed E-state index contributed by atoms with van der Waals surface area (Å²) < 4.78 is 26.4. The van der Waals surface area contributed by atoms with E-state index in [0.717, 1.165) is 6.42 Å². The summed E-state index contributed by atoms with van der Waals surface area (Å²) in [7, 11) is -1.90. The van der Waals surface area contributed by atoms with Gasteiger partial charge in [0.05, 0.1) is 17.6 Å². The van der Waals surface area contributed by atoms with Crippen LogP contribution in [0.2, 0.25) is 0 Å². The maximum atomic E-state index is 11.9. The van der Waals surface area contributed by atoms with E-state index in [2.05, 4.69) is 31.1 Å². The van der Waals surface area contributed by atoms with Gasteiger partial charge >= 0.3 is 0 Å². The van der Waals surface area contributed by atoms with Crippen molar-refractivity contribution in [3.8, 4) is 0 Å². The molecule has 2 N–H and O–H groups in total. The SMILES string of the molecule is CCCn1ncc(NCCS(=O)(=O)NC)c(Br)c1=O. The molecule has 0 unspecified atom stereocenters. The third-order valence-corrected chi connectivity index (χ3v) is 4.55. The van der Waals surface area contributed by atoms with E-state index >= 15 is 0 Å². The van der Waals surface area contributed by atoms with E-state index < -0.39 is 10.0 Å². The zero-order chi connectivity index (χ0) is 14.5. The van der Waals surface area contributed by atoms with E-state index in [-0.39, 0.29) is 17.9 Å². The first kappa shape index (κ1) is 16.1. The molecule has 0 spiro atoms. The van der Waals surface area contributed by atoms with E-state index in [1.54, 1.807) is 0 Å². The highest BCUT2D eigenvalue weighted by Crippen LogP contribution is 2.15. The van der Waals surface area contributed by atoms with Crippen molar-refractivity contribution in [2.45, 2.75) is 19.9 Å². The van der Waals surface area contributed by atoms with Crippen molar-refractivity contribution in [1.29, 1.82) is 0 Å². The molecular weight excluding hydrogens is 336 g/mol. The molecule has 0 amide bonds. The van der Waals surface area contributed by atoms with Crippen LogP contribution in [0.5, 0.6) is 0 Å². The third kappa shape index (κ3) is 4.59. The van der Waals surface area contributed by atoms with Crippen LogP contribution in [0.1, 0.15) is 13.3 Å². The first-order valence-corrected chi connectivity index (χ1v) is 8.26. The van der Waals surface area contributed by atoms with Crippen LogP contribution in [0.4, 0.5) is 5.69 Å². The highest BCUT2D eigenvalue weighted by Gasteiger charge is 2.10. The smallest absolute Gasteiger partial charge is 0.283 e. The number of nitrogens with zero attached hydrogens (tertiary/aromatic N) is 2. The molecule has 0 aliphatic heterocycles. The Labute approximate surface area is 120 Å². The molecule has 0 atom stereocenters. The average Bonchev–Trinajstić information content (AvgIpc) is 2.38. The minimum absolute atomic E-state index is 0.0754. The van der Waals surface area contributed by atoms with Gasteiger partial charge in [-0.2, -0.15) is 5.10 Å². The van der Waals surface area contributed by atoms with Crippen LogP contribution in [0, 0.1) is 0 Å². The standard InChI is InChI=1S/C10H17BrN4O3S/c1-3-5-15-10(16)9(11)8(7-14-15)13-4-6-19(17,18)12-2/h7,12-13H,3-6H2,1-2H3. The largest absolute Gasteiger partial charge is 0.382 e. The number of hydrogen-bond donors (Lipinski definition) is 2. The monoisotopic (exact) mass is 352 g/mol. The maximum absolute atomic E-state index is 11.9. The van der Waals surface area contributed by atoms with E-state index in [1.807, 2.05) is 6.92 Å². The van der Waals surface area contributed by atoms with Crippen LogP contribution < -0.4 is 15.6 Å². The molecule has 0 saturated heterocycles. The zero-order valence-electron chi connectivity index (χ0n) is 10.8. The maximum Gasteiger partial charge on any atom is 0.283 e. The van der Waals surface area contributed by atoms with Gasteiger partial charge in [0.1, 0.15) is 4.47 Å². The van der Waals surface area contributed by atoms with Crippen LogP contribution in [0.25, 0.3) is 0 Å². The Morgan fingerprint density at radius 2 is 2.16 bits per heavy atom. The summed E-state index contributed by atoms with van der Waals surface area (Å²) in [5.74, 6) is -0.0754. The number of aromatic nitrogens is 2. The fourth-order valence-electron chi connectivity index (χ4n) is 1.38. The van der Waals surface area contributed by atoms with E-state index in [1.165, 1.54) is 17.9 Å². The van der Waals surface area contributed by atoms with Crippen LogP contribution in [-0.4, -0.2) is 37.5 Å². The van der Waals surface area contributed by atoms with Crippen molar-refractivity contribution in [2.75, 3.05) is 24.7 Å². The number of anilines is 1. The van der Waals surface area contributed by atoms with Crippen molar-refractivity contribution in [1.82, 2.24) is 14.5 Å². The molecule has 1 heterocycles. The van der Waals surface area contributed by atoms with Crippen molar-refractivity contribution in [2.24, 2.45) is 0 Å². The molecule has 1 rings (SSSR count). The highest BCUT2D eigenvalue weighted by atomic mass is 79.9. The molecule has 0 aromatic carbocycles. The number of rotatable bonds is 7. The highest BCUT2D eigenvalue weighted by molar-refractivity contribution is 9.10. The molecule has 108 valence electrons. The number of aryl methyl sites for hydroxylation is 1. The van der Waals surface area contributed by atoms with Crippen molar-refractivity contribution in [3.63, 3.8) is 0 Å². The van der Waals surface area contributed by atoms with E-state index in [0.29, 0.717) is 16.7 Å². The second-order valence-electron chi connectivity index (χ2n) is 3.85. The zero-order valence-corrected chi connectivity index (χ0v) is 13.2. The topological polar surface area (TPSA) is 93.1 Å². The molecule has 0 radical (unpaired) electrons. The number of sulfonamides is 1. The molecular formula is C10H17BrN4O3S. The van der Waals surface area contributed by atoms with Crippen LogP contribution in [0.15, 0.2) is 15.5 Å². The Morgan fingerprint density at radius 1 is 1.47 bits per heavy atom. The summed E-state index contributed by atoms with van der Waals surface area (Å²) in [5.41, 5.74) is 0.256. The summed E-state index contributed by atoms with van der Waals surface area (Å²) in [4.78, 5) is 11.9. The first-order chi connectivity index (χ1) is 8.91. The molecule has 0 aliphatic carbocycles. The molecule has 19 heavy (non-hydrogen) atoms. The Hall–Kier alpha value is -0.930. The van der Waals surface area contributed by atoms with Crippen molar-refractivity contribution in [3.05, 3.63) is 21.0 Å². The molecule has 1 aromatic heterocycles. The summed E-state index contributed by atoms with van der Waals surface area (Å²) in [5, 5.41) is 6.88. The summed E-state index contributed by atoms with van der Waals surface area (Å²) >= 11 is 3.20. The van der Waals surface area contributed by atoms with Gasteiger partial charge in [0.2, 0.25) is 10.0 Å². The van der Waals surface area contributed by atoms with Crippen molar-refractivity contribution >= 4 is 31.6 Å². The Kier molecular flexibility index (Phi) is 5.95. The lowest BCUT2D eigenvalue weighted by atomic mass is 10.4. The second-order valence-corrected chi connectivity index (χ2v) is 6.69. The van der Waals surface area contributed by atoms with Gasteiger partial charge in [-0.05, 0) is 29.4 Å². The summed E-state index contributed by atoms with van der Waals surface area (Å²) in [6.45, 7) is 2.70. The van der Waals surface area contributed by atoms with Crippen LogP contribution in [0.3, 0.4) is 0 Å². The van der Waals surface area contributed by atoms with Gasteiger partial charge in [-0.1, -0.05) is 6.92 Å². The van der Waals surface area contributed by atoms with Crippen LogP contribution >= 0.6 is 15.9 Å². The lowest BCUT2D eigenvalue weighted by Crippen LogP contribution is -2.28. The minimum atomic E-state index is -3.26. The quantitative estimate of drug-likeness (QED) is 0.739. The predicted octanol–water partition coefficient (Wildman–Crippen LogP) is 0.377. The van der Waals surface area contributed by atoms with Gasteiger partial charge in [0.25, 0.3) is 5.56 Å². The van der Waals surface area contributed by atoms with Gasteiger partial charge in [-0.15, -0.1) is 0 Å². The number of hydrogen-bond acceptors (Lipinski definition) is 5. The van der Waals surface area contributed by atoms with Gasteiger partial charge in [0, 0.05) is 13.1 Å². The third-order valence-electron chi connectivity index (χ3n) is 2.42. The molecule has 9 heteroatoms. The first-order valence-electron chi connectivity index (χ1n) is 5.82. The lowest BCUT2D eigenvalue weighted by Gasteiger charge is -2.10. The second kappa shape index (κ2) is 7.01. The Morgan fingerprint density at radius 3 is 2.74 bits per heavy atom. The molecule has 0 aliphatic rings. The Bertz CT molecular complexity index is 585. The normalized spacial score (nSPS) is 11.5. The Balaban J connectivity index is 2.76.